The Balaban J connectivity index is 2.04. The number of pyridine rings is 1. The summed E-state index contributed by atoms with van der Waals surface area (Å²) < 4.78 is 5.10. The van der Waals surface area contributed by atoms with Crippen molar-refractivity contribution in [3.63, 3.8) is 0 Å². The molecule has 0 aliphatic carbocycles. The molecular formula is C13H13ClN2OS. The number of halogens is 1. The van der Waals surface area contributed by atoms with Crippen LogP contribution in [0.2, 0.25) is 5.02 Å². The van der Waals surface area contributed by atoms with Gasteiger partial charge in [0.05, 0.1) is 12.1 Å². The minimum atomic E-state index is 0.536. The van der Waals surface area contributed by atoms with Crippen LogP contribution < -0.4 is 10.1 Å². The van der Waals surface area contributed by atoms with Gasteiger partial charge in [-0.25, -0.2) is 4.98 Å². The van der Waals surface area contributed by atoms with Crippen molar-refractivity contribution in [2.75, 3.05) is 12.4 Å². The summed E-state index contributed by atoms with van der Waals surface area (Å²) in [5.41, 5.74) is 1.12. The Morgan fingerprint density at radius 3 is 2.67 bits per heavy atom. The first-order valence-corrected chi connectivity index (χ1v) is 6.23. The molecule has 0 atom stereocenters. The Labute approximate surface area is 117 Å². The molecule has 0 aliphatic rings. The number of nitrogens with one attached hydrogen (secondary N) is 1. The fraction of sp³-hybridized carbons (Fsp3) is 0.154. The molecule has 1 aromatic carbocycles. The molecule has 0 spiro atoms. The van der Waals surface area contributed by atoms with E-state index in [2.05, 4.69) is 22.9 Å². The smallest absolute Gasteiger partial charge is 0.146 e. The predicted molar refractivity (Wildman–Crippen MR) is 76.8 cm³/mol. The van der Waals surface area contributed by atoms with Crippen LogP contribution in [0.25, 0.3) is 0 Å². The molecule has 94 valence electrons. The van der Waals surface area contributed by atoms with Crippen molar-refractivity contribution in [2.24, 2.45) is 0 Å². The molecular weight excluding hydrogens is 268 g/mol. The number of anilines is 1. The number of ether oxygens (including phenoxy) is 1. The third-order valence-electron chi connectivity index (χ3n) is 2.49. The van der Waals surface area contributed by atoms with Gasteiger partial charge in [-0.1, -0.05) is 23.7 Å². The van der Waals surface area contributed by atoms with Crippen molar-refractivity contribution >= 4 is 30.0 Å². The van der Waals surface area contributed by atoms with E-state index in [0.717, 1.165) is 11.3 Å². The predicted octanol–water partition coefficient (Wildman–Crippen LogP) is 3.64. The average Bonchev–Trinajstić information content (AvgIpc) is 2.41. The summed E-state index contributed by atoms with van der Waals surface area (Å²) in [4.78, 5) is 4.88. The van der Waals surface area contributed by atoms with Gasteiger partial charge >= 0.3 is 0 Å². The van der Waals surface area contributed by atoms with Crippen LogP contribution in [0.15, 0.2) is 41.4 Å². The molecule has 2 aromatic rings. The quantitative estimate of drug-likeness (QED) is 0.839. The van der Waals surface area contributed by atoms with Crippen LogP contribution >= 0.6 is 24.2 Å². The topological polar surface area (TPSA) is 34.1 Å². The number of hydrogen-bond donors (Lipinski definition) is 2. The molecule has 0 bridgehead atoms. The zero-order valence-electron chi connectivity index (χ0n) is 9.85. The van der Waals surface area contributed by atoms with Gasteiger partial charge in [0.2, 0.25) is 0 Å². The molecule has 0 amide bonds. The number of thiol groups is 1. The SMILES string of the molecule is COc1ccc(CNc2nccc(S)c2Cl)cc1. The van der Waals surface area contributed by atoms with Crippen LogP contribution in [-0.2, 0) is 6.54 Å². The maximum Gasteiger partial charge on any atom is 0.146 e. The molecule has 1 heterocycles. The second kappa shape index (κ2) is 5.98. The van der Waals surface area contributed by atoms with E-state index in [-0.39, 0.29) is 0 Å². The van der Waals surface area contributed by atoms with Crippen LogP contribution in [-0.4, -0.2) is 12.1 Å². The zero-order chi connectivity index (χ0) is 13.0. The largest absolute Gasteiger partial charge is 0.497 e. The Morgan fingerprint density at radius 2 is 2.00 bits per heavy atom. The van der Waals surface area contributed by atoms with Gasteiger partial charge < -0.3 is 10.1 Å². The summed E-state index contributed by atoms with van der Waals surface area (Å²) in [7, 11) is 1.65. The number of rotatable bonds is 4. The Morgan fingerprint density at radius 1 is 1.28 bits per heavy atom. The lowest BCUT2D eigenvalue weighted by molar-refractivity contribution is 0.414. The van der Waals surface area contributed by atoms with E-state index < -0.39 is 0 Å². The minimum absolute atomic E-state index is 0.536. The molecule has 0 unspecified atom stereocenters. The summed E-state index contributed by atoms with van der Waals surface area (Å²) in [5, 5.41) is 3.71. The van der Waals surface area contributed by atoms with E-state index in [0.29, 0.717) is 22.3 Å². The molecule has 1 N–H and O–H groups in total. The fourth-order valence-corrected chi connectivity index (χ4v) is 1.84. The zero-order valence-corrected chi connectivity index (χ0v) is 11.5. The average molecular weight is 281 g/mol. The molecule has 0 aliphatic heterocycles. The van der Waals surface area contributed by atoms with E-state index in [1.165, 1.54) is 0 Å². The van der Waals surface area contributed by atoms with Crippen LogP contribution in [0.1, 0.15) is 5.56 Å². The van der Waals surface area contributed by atoms with Crippen molar-refractivity contribution in [1.82, 2.24) is 4.98 Å². The molecule has 0 radical (unpaired) electrons. The fourth-order valence-electron chi connectivity index (χ4n) is 1.49. The number of aromatic nitrogens is 1. The second-order valence-corrected chi connectivity index (χ2v) is 4.55. The maximum absolute atomic E-state index is 6.09. The van der Waals surface area contributed by atoms with Crippen molar-refractivity contribution < 1.29 is 4.74 Å². The van der Waals surface area contributed by atoms with Gasteiger partial charge in [-0.15, -0.1) is 12.6 Å². The molecule has 0 saturated carbocycles. The van der Waals surface area contributed by atoms with Gasteiger partial charge in [-0.3, -0.25) is 0 Å². The van der Waals surface area contributed by atoms with Crippen molar-refractivity contribution in [3.05, 3.63) is 47.1 Å². The van der Waals surface area contributed by atoms with Gasteiger partial charge in [0.25, 0.3) is 0 Å². The van der Waals surface area contributed by atoms with E-state index in [1.807, 2.05) is 24.3 Å². The van der Waals surface area contributed by atoms with E-state index in [1.54, 1.807) is 19.4 Å². The molecule has 2 rings (SSSR count). The highest BCUT2D eigenvalue weighted by molar-refractivity contribution is 7.80. The van der Waals surface area contributed by atoms with Gasteiger partial charge in [0.1, 0.15) is 11.6 Å². The van der Waals surface area contributed by atoms with Crippen LogP contribution in [0.4, 0.5) is 5.82 Å². The van der Waals surface area contributed by atoms with Gasteiger partial charge in [0, 0.05) is 17.6 Å². The van der Waals surface area contributed by atoms with Crippen LogP contribution in [0.5, 0.6) is 5.75 Å². The Hall–Kier alpha value is -1.39. The highest BCUT2D eigenvalue weighted by atomic mass is 35.5. The number of hydrogen-bond acceptors (Lipinski definition) is 4. The highest BCUT2D eigenvalue weighted by Gasteiger charge is 2.04. The Bertz CT molecular complexity index is 531. The summed E-state index contributed by atoms with van der Waals surface area (Å²) in [6, 6.07) is 9.57. The lowest BCUT2D eigenvalue weighted by Crippen LogP contribution is -2.02. The standard InChI is InChI=1S/C13H13ClN2OS/c1-17-10-4-2-9(3-5-10)8-16-13-12(14)11(18)6-7-15-13/h2-7H,8H2,1H3,(H2,15,16,18). The summed E-state index contributed by atoms with van der Waals surface area (Å²) >= 11 is 10.3. The lowest BCUT2D eigenvalue weighted by Gasteiger charge is -2.09. The van der Waals surface area contributed by atoms with Crippen LogP contribution in [0.3, 0.4) is 0 Å². The maximum atomic E-state index is 6.09. The monoisotopic (exact) mass is 280 g/mol. The number of nitrogens with zero attached hydrogens (tertiary/aromatic N) is 1. The first-order chi connectivity index (χ1) is 8.70. The lowest BCUT2D eigenvalue weighted by atomic mass is 10.2. The molecule has 3 nitrogen and oxygen atoms in total. The molecule has 5 heteroatoms. The summed E-state index contributed by atoms with van der Waals surface area (Å²) in [6.45, 7) is 0.647. The van der Waals surface area contributed by atoms with Crippen molar-refractivity contribution in [1.29, 1.82) is 0 Å². The van der Waals surface area contributed by atoms with Crippen molar-refractivity contribution in [2.45, 2.75) is 11.4 Å². The number of benzene rings is 1. The van der Waals surface area contributed by atoms with Crippen LogP contribution in [0, 0.1) is 0 Å². The third kappa shape index (κ3) is 3.09. The third-order valence-corrected chi connectivity index (χ3v) is 3.37. The molecule has 0 saturated heterocycles. The molecule has 1 aromatic heterocycles. The first-order valence-electron chi connectivity index (χ1n) is 5.41. The second-order valence-electron chi connectivity index (χ2n) is 3.69. The molecule has 18 heavy (non-hydrogen) atoms. The van der Waals surface area contributed by atoms with E-state index in [4.69, 9.17) is 16.3 Å². The summed E-state index contributed by atoms with van der Waals surface area (Å²) in [5.74, 6) is 1.48. The van der Waals surface area contributed by atoms with Gasteiger partial charge in [-0.05, 0) is 23.8 Å². The van der Waals surface area contributed by atoms with Crippen molar-refractivity contribution in [3.8, 4) is 5.75 Å². The Kier molecular flexibility index (Phi) is 4.33. The highest BCUT2D eigenvalue weighted by Crippen LogP contribution is 2.26. The van der Waals surface area contributed by atoms with Gasteiger partial charge in [0.15, 0.2) is 0 Å². The first kappa shape index (κ1) is 13.1. The molecule has 0 fully saturated rings. The van der Waals surface area contributed by atoms with E-state index in [9.17, 15) is 0 Å². The van der Waals surface area contributed by atoms with Gasteiger partial charge in [-0.2, -0.15) is 0 Å². The van der Waals surface area contributed by atoms with E-state index >= 15 is 0 Å². The summed E-state index contributed by atoms with van der Waals surface area (Å²) in [6.07, 6.45) is 1.67. The minimum Gasteiger partial charge on any atom is -0.497 e. The number of methoxy groups -OCH3 is 1. The normalized spacial score (nSPS) is 10.2.